The molecule has 1 atom stereocenters. The average Bonchev–Trinajstić information content (AvgIpc) is 3.19. The van der Waals surface area contributed by atoms with Gasteiger partial charge in [-0.05, 0) is 50.1 Å². The van der Waals surface area contributed by atoms with Crippen molar-refractivity contribution >= 4 is 25.5 Å². The highest BCUT2D eigenvalue weighted by molar-refractivity contribution is 6.76. The van der Waals surface area contributed by atoms with Gasteiger partial charge >= 0.3 is 6.09 Å². The fraction of sp³-hybridized carbons (Fsp3) is 0.720. The number of nitrogens with one attached hydrogen (secondary N) is 1. The van der Waals surface area contributed by atoms with Gasteiger partial charge in [-0.15, -0.1) is 0 Å². The third kappa shape index (κ3) is 10.3. The quantitative estimate of drug-likeness (QED) is 0.225. The minimum atomic E-state index is -1.18. The number of imidazole rings is 1. The Morgan fingerprint density at radius 2 is 2.03 bits per heavy atom. The Kier molecular flexibility index (Phi) is 11.3. The zero-order valence-corrected chi connectivity index (χ0v) is 22.0. The third-order valence-electron chi connectivity index (χ3n) is 6.11. The zero-order valence-electron chi connectivity index (χ0n) is 21.0. The third-order valence-corrected chi connectivity index (χ3v) is 7.81. The first-order chi connectivity index (χ1) is 15.7. The number of aromatic nitrogens is 2. The van der Waals surface area contributed by atoms with E-state index >= 15 is 0 Å². The predicted octanol–water partition coefficient (Wildman–Crippen LogP) is 6.39. The van der Waals surface area contributed by atoms with Crippen LogP contribution in [0.3, 0.4) is 0 Å². The largest absolute Gasteiger partial charge is 0.465 e. The van der Waals surface area contributed by atoms with E-state index < -0.39 is 20.2 Å². The molecule has 0 bridgehead atoms. The molecule has 0 aliphatic heterocycles. The molecule has 33 heavy (non-hydrogen) atoms. The second-order valence-electron chi connectivity index (χ2n) is 10.3. The van der Waals surface area contributed by atoms with Gasteiger partial charge in [0.1, 0.15) is 18.3 Å². The van der Waals surface area contributed by atoms with Crippen LogP contribution in [0.15, 0.2) is 12.3 Å². The maximum atomic E-state index is 11.6. The van der Waals surface area contributed by atoms with Crippen molar-refractivity contribution in [2.75, 3.05) is 6.61 Å². The Balaban J connectivity index is 2.13. The number of Topliss-reactive ketones (excluding diaryl/α,β-unsaturated/α-hetero) is 1. The Labute approximate surface area is 200 Å². The SMILES string of the molecule is CCC(=O)CCCCC[C@H](NC(=O)O)c1nc(C2=CCCCC2)cn1COCC[Si](C)(C)C. The highest BCUT2D eigenvalue weighted by Gasteiger charge is 2.23. The molecule has 1 amide bonds. The number of carbonyl (C=O) groups excluding carboxylic acids is 1. The molecule has 1 heterocycles. The van der Waals surface area contributed by atoms with E-state index in [0.29, 0.717) is 32.6 Å². The van der Waals surface area contributed by atoms with Crippen molar-refractivity contribution in [3.05, 3.63) is 23.8 Å². The average molecular weight is 478 g/mol. The van der Waals surface area contributed by atoms with E-state index in [2.05, 4.69) is 31.0 Å². The molecule has 2 N–H and O–H groups in total. The standard InChI is InChI=1S/C25H43N3O4Si/c1-5-21(29)14-10-7-11-15-22(27-25(30)31)24-26-23(20-12-8-6-9-13-20)18-28(24)19-32-16-17-33(2,3)4/h12,18,22,27H,5-11,13-17,19H2,1-4H3,(H,30,31)/t22-/m0/s1. The number of ether oxygens (including phenoxy) is 1. The molecule has 1 aromatic heterocycles. The highest BCUT2D eigenvalue weighted by Crippen LogP contribution is 2.29. The fourth-order valence-corrected chi connectivity index (χ4v) is 4.77. The van der Waals surface area contributed by atoms with Crippen LogP contribution in [0.2, 0.25) is 25.7 Å². The predicted molar refractivity (Wildman–Crippen MR) is 135 cm³/mol. The highest BCUT2D eigenvalue weighted by atomic mass is 28.3. The number of hydrogen-bond donors (Lipinski definition) is 2. The molecule has 0 saturated carbocycles. The molecule has 1 aromatic rings. The Morgan fingerprint density at radius 1 is 1.24 bits per heavy atom. The summed E-state index contributed by atoms with van der Waals surface area (Å²) in [6.07, 6.45) is 12.1. The number of allylic oxidation sites excluding steroid dienone is 2. The second-order valence-corrected chi connectivity index (χ2v) is 15.9. The summed E-state index contributed by atoms with van der Waals surface area (Å²) in [7, 11) is -1.18. The van der Waals surface area contributed by atoms with Gasteiger partial charge in [-0.2, -0.15) is 0 Å². The lowest BCUT2D eigenvalue weighted by Crippen LogP contribution is -2.29. The Bertz CT molecular complexity index is 798. The van der Waals surface area contributed by atoms with E-state index in [9.17, 15) is 14.7 Å². The van der Waals surface area contributed by atoms with Crippen molar-refractivity contribution in [3.63, 3.8) is 0 Å². The molecule has 7 nitrogen and oxygen atoms in total. The monoisotopic (exact) mass is 477 g/mol. The first-order valence-corrected chi connectivity index (χ1v) is 16.3. The summed E-state index contributed by atoms with van der Waals surface area (Å²) >= 11 is 0. The van der Waals surface area contributed by atoms with Crippen molar-refractivity contribution in [2.24, 2.45) is 0 Å². The molecule has 186 valence electrons. The Hall–Kier alpha value is -1.93. The van der Waals surface area contributed by atoms with Crippen LogP contribution in [-0.2, 0) is 16.3 Å². The van der Waals surface area contributed by atoms with Crippen LogP contribution in [0, 0.1) is 0 Å². The van der Waals surface area contributed by atoms with Crippen molar-refractivity contribution < 1.29 is 19.4 Å². The topological polar surface area (TPSA) is 93.5 Å². The van der Waals surface area contributed by atoms with Crippen LogP contribution in [0.5, 0.6) is 0 Å². The summed E-state index contributed by atoms with van der Waals surface area (Å²) in [6.45, 7) is 9.95. The lowest BCUT2D eigenvalue weighted by molar-refractivity contribution is -0.118. The molecule has 0 radical (unpaired) electrons. The number of nitrogens with zero attached hydrogens (tertiary/aromatic N) is 2. The van der Waals surface area contributed by atoms with Gasteiger partial charge in [0, 0.05) is 33.7 Å². The van der Waals surface area contributed by atoms with Gasteiger partial charge in [-0.1, -0.05) is 45.5 Å². The van der Waals surface area contributed by atoms with Crippen molar-refractivity contribution in [1.82, 2.24) is 14.9 Å². The smallest absolute Gasteiger partial charge is 0.405 e. The van der Waals surface area contributed by atoms with Crippen LogP contribution < -0.4 is 5.32 Å². The molecule has 1 aliphatic carbocycles. The number of carboxylic acid groups (broad SMARTS) is 1. The molecule has 2 rings (SSSR count). The zero-order chi connectivity index (χ0) is 24.3. The van der Waals surface area contributed by atoms with E-state index in [1.807, 2.05) is 17.7 Å². The molecule has 0 spiro atoms. The Morgan fingerprint density at radius 3 is 2.67 bits per heavy atom. The fourth-order valence-electron chi connectivity index (χ4n) is 4.02. The second kappa shape index (κ2) is 13.7. The lowest BCUT2D eigenvalue weighted by Gasteiger charge is -2.19. The first kappa shape index (κ1) is 27.3. The number of unbranched alkanes of at least 4 members (excludes halogenated alkanes) is 2. The van der Waals surface area contributed by atoms with E-state index in [-0.39, 0.29) is 5.78 Å². The van der Waals surface area contributed by atoms with Gasteiger partial charge in [0.05, 0.1) is 11.7 Å². The van der Waals surface area contributed by atoms with Gasteiger partial charge in [-0.3, -0.25) is 4.79 Å². The maximum Gasteiger partial charge on any atom is 0.405 e. The summed E-state index contributed by atoms with van der Waals surface area (Å²) < 4.78 is 7.98. The van der Waals surface area contributed by atoms with Crippen LogP contribution in [0.25, 0.3) is 5.57 Å². The van der Waals surface area contributed by atoms with Crippen molar-refractivity contribution in [2.45, 2.75) is 110 Å². The maximum absolute atomic E-state index is 11.6. The van der Waals surface area contributed by atoms with E-state index in [0.717, 1.165) is 56.1 Å². The van der Waals surface area contributed by atoms with Crippen LogP contribution in [0.4, 0.5) is 4.79 Å². The van der Waals surface area contributed by atoms with Gasteiger partial charge in [-0.25, -0.2) is 9.78 Å². The molecular formula is C25H43N3O4Si. The van der Waals surface area contributed by atoms with Crippen molar-refractivity contribution in [1.29, 1.82) is 0 Å². The van der Waals surface area contributed by atoms with E-state index in [1.54, 1.807) is 0 Å². The van der Waals surface area contributed by atoms with Gasteiger partial charge in [0.25, 0.3) is 0 Å². The molecule has 0 unspecified atom stereocenters. The normalized spacial score (nSPS) is 15.2. The number of amides is 1. The van der Waals surface area contributed by atoms with Crippen LogP contribution in [0.1, 0.15) is 88.7 Å². The summed E-state index contributed by atoms with van der Waals surface area (Å²) in [5.41, 5.74) is 2.18. The molecule has 0 fully saturated rings. The molecule has 0 saturated heterocycles. The number of ketones is 1. The minimum absolute atomic E-state index is 0.284. The summed E-state index contributed by atoms with van der Waals surface area (Å²) in [5.74, 6) is 1.00. The summed E-state index contributed by atoms with van der Waals surface area (Å²) in [6, 6.07) is 0.686. The van der Waals surface area contributed by atoms with Crippen molar-refractivity contribution in [3.8, 4) is 0 Å². The molecule has 0 aromatic carbocycles. The van der Waals surface area contributed by atoms with Gasteiger partial charge in [0.2, 0.25) is 0 Å². The number of hydrogen-bond acceptors (Lipinski definition) is 4. The lowest BCUT2D eigenvalue weighted by atomic mass is 9.98. The number of rotatable bonds is 15. The summed E-state index contributed by atoms with van der Waals surface area (Å²) in [5, 5.41) is 12.1. The van der Waals surface area contributed by atoms with Gasteiger partial charge in [0.15, 0.2) is 0 Å². The minimum Gasteiger partial charge on any atom is -0.465 e. The number of carbonyl (C=O) groups is 2. The molecule has 8 heteroatoms. The summed E-state index contributed by atoms with van der Waals surface area (Å²) in [4.78, 5) is 28.0. The molecule has 1 aliphatic rings. The van der Waals surface area contributed by atoms with Crippen LogP contribution in [-0.4, -0.2) is 41.2 Å². The van der Waals surface area contributed by atoms with Crippen LogP contribution >= 0.6 is 0 Å². The first-order valence-electron chi connectivity index (χ1n) is 12.5. The van der Waals surface area contributed by atoms with E-state index in [4.69, 9.17) is 9.72 Å². The van der Waals surface area contributed by atoms with Gasteiger partial charge < -0.3 is 19.7 Å². The van der Waals surface area contributed by atoms with E-state index in [1.165, 1.54) is 12.0 Å². The molecular weight excluding hydrogens is 434 g/mol.